The monoisotopic (exact) mass is 1230 g/mol. The summed E-state index contributed by atoms with van der Waals surface area (Å²) in [4.78, 5) is 74.8. The maximum Gasteiger partial charge on any atom is 0.364 e. The van der Waals surface area contributed by atoms with E-state index in [1.807, 2.05) is 0 Å². The molecule has 0 saturated carbocycles. The number of aliphatic hydroxyl groups excluding tert-OH is 12. The number of aliphatic carboxylic acids is 2. The van der Waals surface area contributed by atoms with Crippen LogP contribution in [0.1, 0.15) is 79.1 Å². The molecule has 4 aliphatic rings. The zero-order valence-corrected chi connectivity index (χ0v) is 47.3. The molecule has 18 N–H and O–H groups in total. The van der Waals surface area contributed by atoms with Crippen molar-refractivity contribution in [2.75, 3.05) is 51.1 Å². The number of hydrogen-bond donors (Lipinski definition) is 18. The highest BCUT2D eigenvalue weighted by atomic mass is 33.1. The van der Waals surface area contributed by atoms with E-state index in [1.165, 1.54) is 21.6 Å². The van der Waals surface area contributed by atoms with E-state index >= 15 is 0 Å². The van der Waals surface area contributed by atoms with Crippen LogP contribution < -0.4 is 21.3 Å². The minimum Gasteiger partial charge on any atom is -0.477 e. The second kappa shape index (κ2) is 33.6. The number of hydrogen-bond acceptors (Lipinski definition) is 28. The molecule has 4 rings (SSSR count). The van der Waals surface area contributed by atoms with Crippen molar-refractivity contribution < 1.29 is 138 Å². The normalized spacial score (nSPS) is 35.6. The molecular formula is C48H82N4O28S2. The number of carboxylic acids is 2. The predicted molar refractivity (Wildman–Crippen MR) is 278 cm³/mol. The van der Waals surface area contributed by atoms with E-state index in [-0.39, 0.29) is 26.1 Å². The quantitative estimate of drug-likeness (QED) is 0.0214. The first-order chi connectivity index (χ1) is 38.7. The Hall–Kier alpha value is -3.28. The van der Waals surface area contributed by atoms with Gasteiger partial charge < -0.3 is 131 Å². The van der Waals surface area contributed by atoms with E-state index in [4.69, 9.17) is 37.9 Å². The standard InChI is InChI=1S/C48H82N4O28S2/c1-5-9-29(61)51-31-23(57)15-47(45(69)70,79-41(31)35(63)25(59)17-53)75-19-27-37(65)39(67)33(49-21(3)55)43(77-27)73-11-7-13-81-82-14-8-12-74-44-34(50-22(4)56)40(68)38(66)28(78-44)20-76-48(46(71)72)16-24(58)32(52-30(62)10-6-2)42(80-48)36(64)26(60)18-54/h23-28,31-44,53-54,57-60,63-68H,5-20H2,1-4H3,(H,49,55)(H,50,56)(H,51,61)(H,52,62)(H,69,70)(H,71,72)/t23-,24-,25+,26+,27+,28+,31+,32+,33+,34+,35+,36+,37-,38-,39+,40+,41+,42+,43-,44-,47+,48+/m0/s1. The molecule has 0 aliphatic carbocycles. The third kappa shape index (κ3) is 19.1. The van der Waals surface area contributed by atoms with Gasteiger partial charge in [0.25, 0.3) is 11.6 Å². The molecule has 0 aromatic rings. The van der Waals surface area contributed by atoms with Gasteiger partial charge >= 0.3 is 11.9 Å². The lowest BCUT2D eigenvalue weighted by atomic mass is 9.88. The van der Waals surface area contributed by atoms with Gasteiger partial charge in [0.15, 0.2) is 12.6 Å². The van der Waals surface area contributed by atoms with Crippen molar-refractivity contribution in [1.29, 1.82) is 0 Å². The number of rotatable bonds is 33. The molecule has 0 radical (unpaired) electrons. The van der Waals surface area contributed by atoms with Crippen LogP contribution >= 0.6 is 21.6 Å². The summed E-state index contributed by atoms with van der Waals surface area (Å²) in [7, 11) is 2.80. The van der Waals surface area contributed by atoms with E-state index in [9.17, 15) is 100 Å². The molecule has 4 saturated heterocycles. The van der Waals surface area contributed by atoms with Crippen LogP contribution in [0.5, 0.6) is 0 Å². The summed E-state index contributed by atoms with van der Waals surface area (Å²) < 4.78 is 46.2. The van der Waals surface area contributed by atoms with Crippen molar-refractivity contribution in [2.45, 2.75) is 213 Å². The van der Waals surface area contributed by atoms with E-state index in [2.05, 4.69) is 21.3 Å². The Morgan fingerprint density at radius 1 is 0.561 bits per heavy atom. The first kappa shape index (κ1) is 71.2. The van der Waals surface area contributed by atoms with Gasteiger partial charge in [0.2, 0.25) is 23.6 Å². The van der Waals surface area contributed by atoms with Crippen LogP contribution in [0.3, 0.4) is 0 Å². The third-order valence-corrected chi connectivity index (χ3v) is 16.3. The van der Waals surface area contributed by atoms with Gasteiger partial charge in [-0.2, -0.15) is 0 Å². The van der Waals surface area contributed by atoms with E-state index in [0.717, 1.165) is 13.8 Å². The second-order valence-corrected chi connectivity index (χ2v) is 22.9. The summed E-state index contributed by atoms with van der Waals surface area (Å²) in [5.41, 5.74) is 0. The van der Waals surface area contributed by atoms with Crippen LogP contribution in [0.15, 0.2) is 0 Å². The number of nitrogens with one attached hydrogen (secondary N) is 4. The minimum atomic E-state index is -2.81. The largest absolute Gasteiger partial charge is 0.477 e. The minimum absolute atomic E-state index is 0.0172. The Kier molecular flexibility index (Phi) is 29.2. The predicted octanol–water partition coefficient (Wildman–Crippen LogP) is -7.02. The molecule has 0 bridgehead atoms. The summed E-state index contributed by atoms with van der Waals surface area (Å²) in [5.74, 6) is -10.8. The Bertz CT molecular complexity index is 1910. The summed E-state index contributed by atoms with van der Waals surface area (Å²) in [6.45, 7) is 1.83. The number of ether oxygens (including phenoxy) is 8. The number of carboxylic acid groups (broad SMARTS) is 2. The number of amides is 4. The maximum atomic E-state index is 12.8. The van der Waals surface area contributed by atoms with Gasteiger partial charge in [0.05, 0.1) is 63.9 Å². The van der Waals surface area contributed by atoms with E-state index < -0.39 is 209 Å². The van der Waals surface area contributed by atoms with Gasteiger partial charge in [-0.05, 0) is 25.7 Å². The molecule has 474 valence electrons. The lowest BCUT2D eigenvalue weighted by Gasteiger charge is -2.47. The van der Waals surface area contributed by atoms with Crippen LogP contribution in [0.25, 0.3) is 0 Å². The second-order valence-electron chi connectivity index (χ2n) is 20.2. The van der Waals surface area contributed by atoms with Crippen molar-refractivity contribution >= 4 is 57.2 Å². The molecule has 0 aromatic heterocycles. The Morgan fingerprint density at radius 3 is 1.22 bits per heavy atom. The van der Waals surface area contributed by atoms with Crippen LogP contribution in [0, 0.1) is 0 Å². The highest BCUT2D eigenvalue weighted by Crippen LogP contribution is 2.37. The Labute approximate surface area is 479 Å². The summed E-state index contributed by atoms with van der Waals surface area (Å²) in [6.07, 6.45) is -28.7. The number of carbonyl (C=O) groups excluding carboxylic acids is 4. The van der Waals surface area contributed by atoms with Crippen LogP contribution in [-0.4, -0.2) is 292 Å². The third-order valence-electron chi connectivity index (χ3n) is 13.7. The fourth-order valence-electron chi connectivity index (χ4n) is 9.44. The zero-order valence-electron chi connectivity index (χ0n) is 45.7. The van der Waals surface area contributed by atoms with Gasteiger partial charge in [0, 0.05) is 51.0 Å². The van der Waals surface area contributed by atoms with Gasteiger partial charge in [-0.3, -0.25) is 19.2 Å². The Morgan fingerprint density at radius 2 is 0.915 bits per heavy atom. The van der Waals surface area contributed by atoms with Gasteiger partial charge in [-0.1, -0.05) is 35.4 Å². The molecule has 32 nitrogen and oxygen atoms in total. The lowest BCUT2D eigenvalue weighted by Crippen LogP contribution is -2.69. The fraction of sp³-hybridized carbons (Fsp3) is 0.875. The van der Waals surface area contributed by atoms with Gasteiger partial charge in [0.1, 0.15) is 85.3 Å². The van der Waals surface area contributed by atoms with Crippen molar-refractivity contribution in [3.8, 4) is 0 Å². The van der Waals surface area contributed by atoms with Gasteiger partial charge in [-0.25, -0.2) is 9.59 Å². The van der Waals surface area contributed by atoms with Crippen LogP contribution in [0.2, 0.25) is 0 Å². The lowest BCUT2D eigenvalue weighted by molar-refractivity contribution is -0.330. The average molecular weight is 1230 g/mol. The van der Waals surface area contributed by atoms with E-state index in [1.54, 1.807) is 13.8 Å². The molecule has 4 amide bonds. The molecule has 22 atom stereocenters. The smallest absolute Gasteiger partial charge is 0.364 e. The Balaban J connectivity index is 1.32. The van der Waals surface area contributed by atoms with Crippen molar-refractivity contribution in [3.05, 3.63) is 0 Å². The average Bonchev–Trinajstić information content (AvgIpc) is 3.52. The van der Waals surface area contributed by atoms with Gasteiger partial charge in [-0.15, -0.1) is 0 Å². The molecule has 34 heteroatoms. The molecule has 0 aromatic carbocycles. The number of aliphatic hydroxyl groups is 12. The highest BCUT2D eigenvalue weighted by Gasteiger charge is 2.59. The first-order valence-electron chi connectivity index (χ1n) is 26.8. The van der Waals surface area contributed by atoms with Crippen LogP contribution in [0.4, 0.5) is 0 Å². The molecule has 0 spiro atoms. The molecule has 4 fully saturated rings. The number of carbonyl (C=O) groups is 6. The van der Waals surface area contributed by atoms with Crippen molar-refractivity contribution in [2.24, 2.45) is 0 Å². The molecular weight excluding hydrogens is 1140 g/mol. The van der Waals surface area contributed by atoms with Crippen LogP contribution in [-0.2, 0) is 66.7 Å². The van der Waals surface area contributed by atoms with E-state index in [0.29, 0.717) is 37.2 Å². The highest BCUT2D eigenvalue weighted by molar-refractivity contribution is 8.76. The fourth-order valence-corrected chi connectivity index (χ4v) is 11.6. The maximum absolute atomic E-state index is 12.8. The molecule has 82 heavy (non-hydrogen) atoms. The molecule has 4 heterocycles. The SMILES string of the molecule is CCCC(=O)N[C@H]1[C@H]([C@H](O)[C@H](O)CO)O[C@@](OC[C@H]2O[C@H](OCCCSSCCCO[C@H]3O[C@H](CO[C@]4(C(=O)O)C[C@H](O)[C@@H](NC(=O)CCC)[C@H]([C@H](O)[C@H](O)CO)O4)[C@H](O)[C@H](O)[C@H]3NC(C)=O)[C@H](NC(C)=O)[C@@H](O)[C@H]2O)(C(=O)O)C[C@@H]1O. The van der Waals surface area contributed by atoms with Crippen molar-refractivity contribution in [3.63, 3.8) is 0 Å². The molecule has 4 aliphatic heterocycles. The molecule has 0 unspecified atom stereocenters. The summed E-state index contributed by atoms with van der Waals surface area (Å²) in [5, 5.41) is 158. The van der Waals surface area contributed by atoms with Crippen molar-refractivity contribution in [1.82, 2.24) is 21.3 Å². The topological polar surface area (TPSA) is 508 Å². The zero-order chi connectivity index (χ0) is 61.2. The summed E-state index contributed by atoms with van der Waals surface area (Å²) >= 11 is 0. The summed E-state index contributed by atoms with van der Waals surface area (Å²) in [6, 6.07) is -5.64. The first-order valence-corrected chi connectivity index (χ1v) is 29.2.